The van der Waals surface area contributed by atoms with Gasteiger partial charge in [0.05, 0.1) is 12.7 Å². The standard InChI is InChI=1S/C15H28N2O4/c1-12(2)21-10-9-16(3)15(20)17-8-4-5-13(11-17)6-7-14(18)19/h12-13H,4-11H2,1-3H3,(H,18,19). The first-order valence-electron chi connectivity index (χ1n) is 7.73. The van der Waals surface area contributed by atoms with Crippen molar-refractivity contribution in [1.29, 1.82) is 0 Å². The van der Waals surface area contributed by atoms with Crippen molar-refractivity contribution >= 4 is 12.0 Å². The molecule has 0 aromatic rings. The summed E-state index contributed by atoms with van der Waals surface area (Å²) in [5.74, 6) is -0.458. The SMILES string of the molecule is CC(C)OCCN(C)C(=O)N1CCCC(CCC(=O)O)C1. The zero-order chi connectivity index (χ0) is 15.8. The summed E-state index contributed by atoms with van der Waals surface area (Å²) in [6, 6.07) is 0.0161. The van der Waals surface area contributed by atoms with Crippen molar-refractivity contribution in [2.45, 2.75) is 45.6 Å². The van der Waals surface area contributed by atoms with Crippen molar-refractivity contribution in [2.75, 3.05) is 33.3 Å². The van der Waals surface area contributed by atoms with Crippen molar-refractivity contribution in [2.24, 2.45) is 5.92 Å². The Morgan fingerprint density at radius 3 is 2.76 bits per heavy atom. The molecule has 1 N–H and O–H groups in total. The predicted octanol–water partition coefficient (Wildman–Crippen LogP) is 2.04. The molecular formula is C15H28N2O4. The van der Waals surface area contributed by atoms with Gasteiger partial charge in [-0.1, -0.05) is 0 Å². The average Bonchev–Trinajstić information content (AvgIpc) is 2.44. The van der Waals surface area contributed by atoms with Crippen LogP contribution in [0.1, 0.15) is 39.5 Å². The van der Waals surface area contributed by atoms with Crippen LogP contribution >= 0.6 is 0 Å². The highest BCUT2D eigenvalue weighted by Gasteiger charge is 2.25. The van der Waals surface area contributed by atoms with Gasteiger partial charge in [-0.3, -0.25) is 4.79 Å². The number of hydrogen-bond acceptors (Lipinski definition) is 3. The molecule has 1 atom stereocenters. The van der Waals surface area contributed by atoms with Gasteiger partial charge in [0.2, 0.25) is 0 Å². The van der Waals surface area contributed by atoms with Gasteiger partial charge in [0.15, 0.2) is 0 Å². The van der Waals surface area contributed by atoms with Crippen LogP contribution in [0.5, 0.6) is 0 Å². The van der Waals surface area contributed by atoms with E-state index in [1.165, 1.54) is 0 Å². The van der Waals surface area contributed by atoms with Crippen LogP contribution < -0.4 is 0 Å². The number of rotatable bonds is 7. The molecule has 1 fully saturated rings. The molecule has 0 spiro atoms. The number of likely N-dealkylation sites (tertiary alicyclic amines) is 1. The molecule has 6 heteroatoms. The third-order valence-corrected chi connectivity index (χ3v) is 3.76. The Labute approximate surface area is 127 Å². The van der Waals surface area contributed by atoms with E-state index >= 15 is 0 Å². The number of likely N-dealkylation sites (N-methyl/N-ethyl adjacent to an activating group) is 1. The fourth-order valence-corrected chi connectivity index (χ4v) is 2.56. The number of carboxylic acid groups (broad SMARTS) is 1. The lowest BCUT2D eigenvalue weighted by Crippen LogP contribution is -2.47. The van der Waals surface area contributed by atoms with Crippen molar-refractivity contribution in [3.05, 3.63) is 0 Å². The van der Waals surface area contributed by atoms with Gasteiger partial charge in [0, 0.05) is 33.1 Å². The van der Waals surface area contributed by atoms with Crippen molar-refractivity contribution in [3.8, 4) is 0 Å². The second-order valence-electron chi connectivity index (χ2n) is 6.01. The Morgan fingerprint density at radius 2 is 2.14 bits per heavy atom. The second-order valence-corrected chi connectivity index (χ2v) is 6.01. The smallest absolute Gasteiger partial charge is 0.319 e. The lowest BCUT2D eigenvalue weighted by molar-refractivity contribution is -0.137. The minimum absolute atomic E-state index is 0.0161. The zero-order valence-electron chi connectivity index (χ0n) is 13.4. The first kappa shape index (κ1) is 17.8. The molecule has 0 saturated carbocycles. The number of carboxylic acids is 1. The fourth-order valence-electron chi connectivity index (χ4n) is 2.56. The molecule has 1 saturated heterocycles. The minimum atomic E-state index is -0.763. The first-order valence-corrected chi connectivity index (χ1v) is 7.73. The van der Waals surface area contributed by atoms with Gasteiger partial charge in [0.1, 0.15) is 0 Å². The highest BCUT2D eigenvalue weighted by molar-refractivity contribution is 5.74. The third-order valence-electron chi connectivity index (χ3n) is 3.76. The summed E-state index contributed by atoms with van der Waals surface area (Å²) in [5, 5.41) is 8.75. The number of carbonyl (C=O) groups is 2. The van der Waals surface area contributed by atoms with E-state index in [-0.39, 0.29) is 18.6 Å². The summed E-state index contributed by atoms with van der Waals surface area (Å²) in [7, 11) is 1.78. The van der Waals surface area contributed by atoms with Crippen LogP contribution in [-0.2, 0) is 9.53 Å². The second kappa shape index (κ2) is 8.87. The van der Waals surface area contributed by atoms with E-state index in [0.717, 1.165) is 19.4 Å². The number of ether oxygens (including phenoxy) is 1. The highest BCUT2D eigenvalue weighted by atomic mass is 16.5. The van der Waals surface area contributed by atoms with Gasteiger partial charge >= 0.3 is 12.0 Å². The Hall–Kier alpha value is -1.30. The molecule has 1 unspecified atom stereocenters. The summed E-state index contributed by atoms with van der Waals surface area (Å²) in [5.41, 5.74) is 0. The Kier molecular flexibility index (Phi) is 7.50. The summed E-state index contributed by atoms with van der Waals surface area (Å²) >= 11 is 0. The van der Waals surface area contributed by atoms with Gasteiger partial charge in [0.25, 0.3) is 0 Å². The lowest BCUT2D eigenvalue weighted by Gasteiger charge is -2.35. The molecule has 1 heterocycles. The normalized spacial score (nSPS) is 18.9. The average molecular weight is 300 g/mol. The van der Waals surface area contributed by atoms with Crippen LogP contribution in [0.2, 0.25) is 0 Å². The molecule has 1 aliphatic heterocycles. The molecule has 0 radical (unpaired) electrons. The van der Waals surface area contributed by atoms with Crippen LogP contribution in [0.25, 0.3) is 0 Å². The molecule has 122 valence electrons. The van der Waals surface area contributed by atoms with E-state index in [9.17, 15) is 9.59 Å². The number of aliphatic carboxylic acids is 1. The molecule has 1 rings (SSSR count). The van der Waals surface area contributed by atoms with Gasteiger partial charge in [-0.05, 0) is 39.0 Å². The van der Waals surface area contributed by atoms with Crippen molar-refractivity contribution in [1.82, 2.24) is 9.80 Å². The number of piperidine rings is 1. The molecule has 0 aliphatic carbocycles. The van der Waals surface area contributed by atoms with Crippen LogP contribution in [0, 0.1) is 5.92 Å². The highest BCUT2D eigenvalue weighted by Crippen LogP contribution is 2.21. The number of hydrogen-bond donors (Lipinski definition) is 1. The maximum atomic E-state index is 12.3. The third kappa shape index (κ3) is 6.80. The van der Waals surface area contributed by atoms with E-state index in [4.69, 9.17) is 9.84 Å². The lowest BCUT2D eigenvalue weighted by atomic mass is 9.93. The van der Waals surface area contributed by atoms with E-state index in [0.29, 0.717) is 32.0 Å². The van der Waals surface area contributed by atoms with E-state index in [1.54, 1.807) is 11.9 Å². The number of nitrogens with zero attached hydrogens (tertiary/aromatic N) is 2. The molecule has 2 amide bonds. The van der Waals surface area contributed by atoms with E-state index < -0.39 is 5.97 Å². The molecule has 0 bridgehead atoms. The van der Waals surface area contributed by atoms with Crippen LogP contribution in [0.4, 0.5) is 4.79 Å². The number of carbonyl (C=O) groups excluding carboxylic acids is 1. The van der Waals surface area contributed by atoms with Gasteiger partial charge in [-0.2, -0.15) is 0 Å². The van der Waals surface area contributed by atoms with E-state index in [1.807, 2.05) is 18.7 Å². The zero-order valence-corrected chi connectivity index (χ0v) is 13.4. The predicted molar refractivity (Wildman–Crippen MR) is 80.3 cm³/mol. The Balaban J connectivity index is 2.36. The fraction of sp³-hybridized carbons (Fsp3) is 0.867. The van der Waals surface area contributed by atoms with Crippen molar-refractivity contribution < 1.29 is 19.4 Å². The maximum Gasteiger partial charge on any atom is 0.319 e. The minimum Gasteiger partial charge on any atom is -0.481 e. The molecule has 0 aromatic carbocycles. The molecule has 6 nitrogen and oxygen atoms in total. The summed E-state index contributed by atoms with van der Waals surface area (Å²) < 4.78 is 5.46. The van der Waals surface area contributed by atoms with Gasteiger partial charge in [-0.25, -0.2) is 4.79 Å². The summed E-state index contributed by atoms with van der Waals surface area (Å²) in [6.45, 7) is 6.49. The number of amides is 2. The maximum absolute atomic E-state index is 12.3. The van der Waals surface area contributed by atoms with Gasteiger partial charge in [-0.15, -0.1) is 0 Å². The molecule has 21 heavy (non-hydrogen) atoms. The molecular weight excluding hydrogens is 272 g/mol. The largest absolute Gasteiger partial charge is 0.481 e. The summed E-state index contributed by atoms with van der Waals surface area (Å²) in [4.78, 5) is 26.5. The topological polar surface area (TPSA) is 70.1 Å². The van der Waals surface area contributed by atoms with Gasteiger partial charge < -0.3 is 19.6 Å². The first-order chi connectivity index (χ1) is 9.90. The van der Waals surface area contributed by atoms with Crippen LogP contribution in [0.3, 0.4) is 0 Å². The summed E-state index contributed by atoms with van der Waals surface area (Å²) in [6.07, 6.45) is 2.97. The van der Waals surface area contributed by atoms with Crippen LogP contribution in [-0.4, -0.2) is 66.3 Å². The Bertz CT molecular complexity index is 347. The van der Waals surface area contributed by atoms with Crippen molar-refractivity contribution in [3.63, 3.8) is 0 Å². The number of urea groups is 1. The Morgan fingerprint density at radius 1 is 1.43 bits per heavy atom. The monoisotopic (exact) mass is 300 g/mol. The molecule has 1 aliphatic rings. The van der Waals surface area contributed by atoms with E-state index in [2.05, 4.69) is 0 Å². The molecule has 0 aromatic heterocycles. The van der Waals surface area contributed by atoms with Crippen LogP contribution in [0.15, 0.2) is 0 Å². The quantitative estimate of drug-likeness (QED) is 0.781.